The third-order valence-electron chi connectivity index (χ3n) is 3.40. The van der Waals surface area contributed by atoms with Crippen LogP contribution in [0.25, 0.3) is 0 Å². The van der Waals surface area contributed by atoms with E-state index in [2.05, 4.69) is 10.6 Å². The highest BCUT2D eigenvalue weighted by Crippen LogP contribution is 2.34. The Morgan fingerprint density at radius 2 is 1.81 bits per heavy atom. The van der Waals surface area contributed by atoms with E-state index in [4.69, 9.17) is 51.1 Å². The molecule has 0 saturated carbocycles. The van der Waals surface area contributed by atoms with E-state index in [0.717, 1.165) is 0 Å². The molecule has 0 heterocycles. The van der Waals surface area contributed by atoms with E-state index in [9.17, 15) is 14.9 Å². The van der Waals surface area contributed by atoms with Crippen LogP contribution in [0.2, 0.25) is 5.02 Å². The highest BCUT2D eigenvalue weighted by Gasteiger charge is 2.34. The number of nitrogens with zero attached hydrogens (tertiary/aromatic N) is 1. The molecule has 2 aromatic carbocycles. The Kier molecular flexibility index (Phi) is 7.00. The number of methoxy groups -OCH3 is 1. The fourth-order valence-electron chi connectivity index (χ4n) is 2.10. The SMILES string of the molecule is COc1ccc(N[C@@H](NC(=O)c2ccc(Cl)cc2)C(Cl)(Cl)Cl)cc1[N+](=O)[O-]. The van der Waals surface area contributed by atoms with Gasteiger partial charge in [-0.25, -0.2) is 0 Å². The first-order valence-electron chi connectivity index (χ1n) is 7.34. The van der Waals surface area contributed by atoms with Crippen LogP contribution in [0.15, 0.2) is 42.5 Å². The summed E-state index contributed by atoms with van der Waals surface area (Å²) < 4.78 is 2.99. The molecule has 1 atom stereocenters. The topological polar surface area (TPSA) is 93.5 Å². The zero-order valence-electron chi connectivity index (χ0n) is 13.7. The summed E-state index contributed by atoms with van der Waals surface area (Å²) in [6.07, 6.45) is -1.18. The van der Waals surface area contributed by atoms with Crippen molar-refractivity contribution >= 4 is 63.7 Å². The number of ether oxygens (including phenoxy) is 1. The van der Waals surface area contributed by atoms with E-state index in [1.807, 2.05) is 0 Å². The first kappa shape index (κ1) is 21.4. The molecular formula is C16H13Cl4N3O4. The van der Waals surface area contributed by atoms with Crippen LogP contribution in [0.5, 0.6) is 5.75 Å². The van der Waals surface area contributed by atoms with Crippen molar-refractivity contribution in [2.75, 3.05) is 12.4 Å². The van der Waals surface area contributed by atoms with Gasteiger partial charge in [0, 0.05) is 22.3 Å². The van der Waals surface area contributed by atoms with Gasteiger partial charge in [0.25, 0.3) is 5.91 Å². The van der Waals surface area contributed by atoms with E-state index in [-0.39, 0.29) is 17.1 Å². The van der Waals surface area contributed by atoms with Gasteiger partial charge in [0.05, 0.1) is 12.0 Å². The van der Waals surface area contributed by atoms with Crippen molar-refractivity contribution in [2.24, 2.45) is 0 Å². The number of amides is 1. The Hall–Kier alpha value is -1.93. The number of hydrogen-bond donors (Lipinski definition) is 2. The predicted octanol–water partition coefficient (Wildman–Crippen LogP) is 4.80. The predicted molar refractivity (Wildman–Crippen MR) is 106 cm³/mol. The molecule has 0 spiro atoms. The molecule has 7 nitrogen and oxygen atoms in total. The van der Waals surface area contributed by atoms with Crippen LogP contribution in [0.1, 0.15) is 10.4 Å². The third-order valence-corrected chi connectivity index (χ3v) is 4.30. The molecule has 1 amide bonds. The molecular weight excluding hydrogens is 440 g/mol. The normalized spacial score (nSPS) is 12.2. The lowest BCUT2D eigenvalue weighted by molar-refractivity contribution is -0.385. The number of benzene rings is 2. The third kappa shape index (κ3) is 5.77. The van der Waals surface area contributed by atoms with Crippen LogP contribution in [0.3, 0.4) is 0 Å². The number of anilines is 1. The van der Waals surface area contributed by atoms with Gasteiger partial charge in [-0.2, -0.15) is 0 Å². The Bertz CT molecular complexity index is 841. The van der Waals surface area contributed by atoms with Crippen LogP contribution in [-0.2, 0) is 0 Å². The summed E-state index contributed by atoms with van der Waals surface area (Å²) in [6, 6.07) is 10.2. The van der Waals surface area contributed by atoms with Crippen molar-refractivity contribution in [3.63, 3.8) is 0 Å². The monoisotopic (exact) mass is 451 g/mol. The standard InChI is InChI=1S/C16H13Cl4N3O4/c1-27-13-7-6-11(8-12(13)23(25)26)21-15(16(18,19)20)22-14(24)9-2-4-10(17)5-3-9/h2-8,15,21H,1H3,(H,22,24)/t15-/m0/s1. The molecule has 0 unspecified atom stereocenters. The van der Waals surface area contributed by atoms with Crippen LogP contribution in [-0.4, -0.2) is 27.9 Å². The fourth-order valence-corrected chi connectivity index (χ4v) is 2.56. The molecule has 0 aromatic heterocycles. The summed E-state index contributed by atoms with van der Waals surface area (Å²) in [5.41, 5.74) is 0.256. The number of rotatable bonds is 6. The second-order valence-corrected chi connectivity index (χ2v) is 8.05. The zero-order valence-corrected chi connectivity index (χ0v) is 16.7. The maximum atomic E-state index is 12.4. The fraction of sp³-hybridized carbons (Fsp3) is 0.188. The van der Waals surface area contributed by atoms with E-state index in [1.165, 1.54) is 37.4 Å². The second kappa shape index (κ2) is 8.84. The van der Waals surface area contributed by atoms with Gasteiger partial charge in [-0.3, -0.25) is 14.9 Å². The lowest BCUT2D eigenvalue weighted by Gasteiger charge is -2.27. The number of nitro benzene ring substituents is 1. The Balaban J connectivity index is 2.25. The van der Waals surface area contributed by atoms with Gasteiger partial charge in [-0.05, 0) is 36.4 Å². The summed E-state index contributed by atoms with van der Waals surface area (Å²) in [6.45, 7) is 0. The number of nitrogens with one attached hydrogen (secondary N) is 2. The highest BCUT2D eigenvalue weighted by molar-refractivity contribution is 6.68. The second-order valence-electron chi connectivity index (χ2n) is 5.24. The number of carbonyl (C=O) groups is 1. The van der Waals surface area contributed by atoms with E-state index >= 15 is 0 Å². The maximum Gasteiger partial charge on any atom is 0.312 e. The van der Waals surface area contributed by atoms with Gasteiger partial charge < -0.3 is 15.4 Å². The zero-order chi connectivity index (χ0) is 20.2. The first-order valence-corrected chi connectivity index (χ1v) is 8.85. The molecule has 0 bridgehead atoms. The smallest absolute Gasteiger partial charge is 0.312 e. The number of nitro groups is 1. The first-order chi connectivity index (χ1) is 12.6. The molecule has 27 heavy (non-hydrogen) atoms. The van der Waals surface area contributed by atoms with E-state index in [1.54, 1.807) is 12.1 Å². The van der Waals surface area contributed by atoms with Gasteiger partial charge in [0.15, 0.2) is 5.75 Å². The summed E-state index contributed by atoms with van der Waals surface area (Å²) in [4.78, 5) is 22.9. The minimum absolute atomic E-state index is 0.0705. The van der Waals surface area contributed by atoms with E-state index < -0.39 is 20.8 Å². The van der Waals surface area contributed by atoms with Crippen LogP contribution in [0.4, 0.5) is 11.4 Å². The van der Waals surface area contributed by atoms with Crippen molar-refractivity contribution in [1.29, 1.82) is 0 Å². The number of halogens is 4. The minimum Gasteiger partial charge on any atom is -0.490 e. The highest BCUT2D eigenvalue weighted by atomic mass is 35.6. The maximum absolute atomic E-state index is 12.4. The van der Waals surface area contributed by atoms with Gasteiger partial charge in [-0.15, -0.1) is 0 Å². The quantitative estimate of drug-likeness (QED) is 0.284. The number of carbonyl (C=O) groups excluding carboxylic acids is 1. The average Bonchev–Trinajstić information content (AvgIpc) is 2.60. The Morgan fingerprint density at radius 3 is 2.33 bits per heavy atom. The number of hydrogen-bond acceptors (Lipinski definition) is 5. The molecule has 11 heteroatoms. The molecule has 0 aliphatic carbocycles. The molecule has 2 aromatic rings. The van der Waals surface area contributed by atoms with Crippen molar-refractivity contribution in [3.8, 4) is 5.75 Å². The van der Waals surface area contributed by atoms with Crippen LogP contribution >= 0.6 is 46.4 Å². The van der Waals surface area contributed by atoms with Gasteiger partial charge >= 0.3 is 5.69 Å². The summed E-state index contributed by atoms with van der Waals surface area (Å²) >= 11 is 23.6. The van der Waals surface area contributed by atoms with Crippen LogP contribution in [0, 0.1) is 10.1 Å². The van der Waals surface area contributed by atoms with E-state index in [0.29, 0.717) is 10.6 Å². The molecule has 0 fully saturated rings. The lowest BCUT2D eigenvalue weighted by Crippen LogP contribution is -2.49. The molecule has 2 N–H and O–H groups in total. The summed E-state index contributed by atoms with van der Waals surface area (Å²) in [5, 5.41) is 16.9. The largest absolute Gasteiger partial charge is 0.490 e. The van der Waals surface area contributed by atoms with Gasteiger partial charge in [0.2, 0.25) is 3.79 Å². The molecule has 0 radical (unpaired) electrons. The average molecular weight is 453 g/mol. The Morgan fingerprint density at radius 1 is 1.19 bits per heavy atom. The molecule has 0 aliphatic rings. The van der Waals surface area contributed by atoms with Crippen molar-refractivity contribution < 1.29 is 14.5 Å². The van der Waals surface area contributed by atoms with Crippen molar-refractivity contribution in [2.45, 2.75) is 9.96 Å². The molecule has 2 rings (SSSR count). The molecule has 0 saturated heterocycles. The van der Waals surface area contributed by atoms with Crippen molar-refractivity contribution in [1.82, 2.24) is 5.32 Å². The number of alkyl halides is 3. The molecule has 0 aliphatic heterocycles. The van der Waals surface area contributed by atoms with Crippen LogP contribution < -0.4 is 15.4 Å². The summed E-state index contributed by atoms with van der Waals surface area (Å²) in [5.74, 6) is -0.459. The summed E-state index contributed by atoms with van der Waals surface area (Å²) in [7, 11) is 1.31. The Labute approximate surface area is 174 Å². The minimum atomic E-state index is -1.95. The van der Waals surface area contributed by atoms with Crippen molar-refractivity contribution in [3.05, 3.63) is 63.2 Å². The van der Waals surface area contributed by atoms with Gasteiger partial charge in [-0.1, -0.05) is 46.4 Å². The lowest BCUT2D eigenvalue weighted by atomic mass is 10.2. The molecule has 144 valence electrons. The van der Waals surface area contributed by atoms with Gasteiger partial charge in [0.1, 0.15) is 6.17 Å².